The Morgan fingerprint density at radius 1 is 1.09 bits per heavy atom. The third-order valence-electron chi connectivity index (χ3n) is 3.56. The summed E-state index contributed by atoms with van der Waals surface area (Å²) in [5, 5.41) is 9.94. The van der Waals surface area contributed by atoms with E-state index in [1.807, 2.05) is 24.3 Å². The van der Waals surface area contributed by atoms with Crippen LogP contribution in [0.1, 0.15) is 55.3 Å². The van der Waals surface area contributed by atoms with Gasteiger partial charge in [0.25, 0.3) is 0 Å². The summed E-state index contributed by atoms with van der Waals surface area (Å²) in [6.07, 6.45) is 0.0395. The van der Waals surface area contributed by atoms with Gasteiger partial charge in [-0.05, 0) is 24.5 Å². The van der Waals surface area contributed by atoms with Crippen molar-refractivity contribution >= 4 is 6.29 Å². The van der Waals surface area contributed by atoms with E-state index in [0.29, 0.717) is 22.6 Å². The molecule has 116 valence electrons. The SMILES string of the molecule is CC(O)c1cccc(C=O)c1Oc1ccccc1C(C)(C)C. The lowest BCUT2D eigenvalue weighted by molar-refractivity contribution is 0.112. The highest BCUT2D eigenvalue weighted by Gasteiger charge is 2.21. The zero-order valence-corrected chi connectivity index (χ0v) is 13.5. The van der Waals surface area contributed by atoms with Crippen molar-refractivity contribution in [2.24, 2.45) is 0 Å². The second kappa shape index (κ2) is 6.32. The van der Waals surface area contributed by atoms with E-state index in [2.05, 4.69) is 20.8 Å². The molecule has 0 aliphatic rings. The summed E-state index contributed by atoms with van der Waals surface area (Å²) >= 11 is 0. The fraction of sp³-hybridized carbons (Fsp3) is 0.316. The quantitative estimate of drug-likeness (QED) is 0.836. The van der Waals surface area contributed by atoms with Gasteiger partial charge in [0.05, 0.1) is 11.7 Å². The maximum atomic E-state index is 11.3. The van der Waals surface area contributed by atoms with Crippen molar-refractivity contribution in [1.29, 1.82) is 0 Å². The molecule has 0 aromatic heterocycles. The molecule has 0 saturated heterocycles. The molecule has 1 N–H and O–H groups in total. The number of para-hydroxylation sites is 2. The minimum Gasteiger partial charge on any atom is -0.456 e. The summed E-state index contributed by atoms with van der Waals surface area (Å²) in [4.78, 5) is 11.3. The summed E-state index contributed by atoms with van der Waals surface area (Å²) in [6.45, 7) is 7.98. The number of carbonyl (C=O) groups excluding carboxylic acids is 1. The van der Waals surface area contributed by atoms with Crippen LogP contribution in [0.5, 0.6) is 11.5 Å². The molecule has 0 heterocycles. The molecule has 0 aliphatic carbocycles. The number of hydrogen-bond donors (Lipinski definition) is 1. The predicted octanol–water partition coefficient (Wildman–Crippen LogP) is 4.64. The Kier molecular flexibility index (Phi) is 4.67. The van der Waals surface area contributed by atoms with Crippen molar-refractivity contribution in [3.8, 4) is 11.5 Å². The van der Waals surface area contributed by atoms with Gasteiger partial charge >= 0.3 is 0 Å². The number of aliphatic hydroxyl groups excluding tert-OH is 1. The summed E-state index contributed by atoms with van der Waals surface area (Å²) in [6, 6.07) is 13.0. The highest BCUT2D eigenvalue weighted by atomic mass is 16.5. The standard InChI is InChI=1S/C19H22O3/c1-13(21)15-9-7-8-14(12-20)18(15)22-17-11-6-5-10-16(17)19(2,3)4/h5-13,21H,1-4H3. The number of aliphatic hydroxyl groups is 1. The van der Waals surface area contributed by atoms with Crippen LogP contribution in [0.15, 0.2) is 42.5 Å². The van der Waals surface area contributed by atoms with Gasteiger partial charge in [0.1, 0.15) is 11.5 Å². The van der Waals surface area contributed by atoms with Crippen LogP contribution in [-0.2, 0) is 5.41 Å². The first kappa shape index (κ1) is 16.2. The van der Waals surface area contributed by atoms with Crippen LogP contribution in [-0.4, -0.2) is 11.4 Å². The van der Waals surface area contributed by atoms with Crippen LogP contribution >= 0.6 is 0 Å². The predicted molar refractivity (Wildman–Crippen MR) is 87.7 cm³/mol. The normalized spacial score (nSPS) is 12.8. The first-order valence-corrected chi connectivity index (χ1v) is 7.38. The van der Waals surface area contributed by atoms with E-state index >= 15 is 0 Å². The molecule has 22 heavy (non-hydrogen) atoms. The van der Waals surface area contributed by atoms with Gasteiger partial charge in [-0.1, -0.05) is 51.1 Å². The van der Waals surface area contributed by atoms with Gasteiger partial charge in [-0.15, -0.1) is 0 Å². The Labute approximate surface area is 131 Å². The molecule has 0 aliphatic heterocycles. The third-order valence-corrected chi connectivity index (χ3v) is 3.56. The fourth-order valence-electron chi connectivity index (χ4n) is 2.40. The molecule has 0 fully saturated rings. The topological polar surface area (TPSA) is 46.5 Å². The maximum Gasteiger partial charge on any atom is 0.153 e. The van der Waals surface area contributed by atoms with E-state index in [9.17, 15) is 9.90 Å². The molecule has 2 aromatic rings. The molecular weight excluding hydrogens is 276 g/mol. The zero-order chi connectivity index (χ0) is 16.3. The van der Waals surface area contributed by atoms with Crippen molar-refractivity contribution < 1.29 is 14.6 Å². The van der Waals surface area contributed by atoms with E-state index < -0.39 is 6.10 Å². The number of benzene rings is 2. The van der Waals surface area contributed by atoms with E-state index in [0.717, 1.165) is 11.8 Å². The van der Waals surface area contributed by atoms with Gasteiger partial charge in [0.2, 0.25) is 0 Å². The summed E-state index contributed by atoms with van der Waals surface area (Å²) in [7, 11) is 0. The van der Waals surface area contributed by atoms with Gasteiger partial charge in [-0.25, -0.2) is 0 Å². The van der Waals surface area contributed by atoms with Gasteiger partial charge in [-0.2, -0.15) is 0 Å². The second-order valence-corrected chi connectivity index (χ2v) is 6.41. The number of hydrogen-bond acceptors (Lipinski definition) is 3. The Bertz CT molecular complexity index is 667. The lowest BCUT2D eigenvalue weighted by atomic mass is 9.86. The fourth-order valence-corrected chi connectivity index (χ4v) is 2.40. The van der Waals surface area contributed by atoms with E-state index in [1.54, 1.807) is 25.1 Å². The van der Waals surface area contributed by atoms with Gasteiger partial charge in [0, 0.05) is 11.1 Å². The summed E-state index contributed by atoms with van der Waals surface area (Å²) in [5.74, 6) is 1.12. The maximum absolute atomic E-state index is 11.3. The van der Waals surface area contributed by atoms with Crippen LogP contribution in [0.4, 0.5) is 0 Å². The molecule has 0 spiro atoms. The van der Waals surface area contributed by atoms with Crippen molar-refractivity contribution in [3.63, 3.8) is 0 Å². The molecule has 2 aromatic carbocycles. The molecule has 3 nitrogen and oxygen atoms in total. The summed E-state index contributed by atoms with van der Waals surface area (Å²) < 4.78 is 6.06. The number of ether oxygens (including phenoxy) is 1. The molecule has 0 amide bonds. The Morgan fingerprint density at radius 3 is 2.36 bits per heavy atom. The number of carbonyl (C=O) groups is 1. The van der Waals surface area contributed by atoms with Crippen molar-refractivity contribution in [2.45, 2.75) is 39.2 Å². The highest BCUT2D eigenvalue weighted by Crippen LogP contribution is 2.37. The molecule has 0 radical (unpaired) electrons. The lowest BCUT2D eigenvalue weighted by Crippen LogP contribution is -2.13. The largest absolute Gasteiger partial charge is 0.456 e. The Hall–Kier alpha value is -2.13. The van der Waals surface area contributed by atoms with Crippen molar-refractivity contribution in [3.05, 3.63) is 59.2 Å². The monoisotopic (exact) mass is 298 g/mol. The first-order chi connectivity index (χ1) is 10.3. The number of aldehydes is 1. The minimum absolute atomic E-state index is 0.0856. The van der Waals surface area contributed by atoms with E-state index in [4.69, 9.17) is 4.74 Å². The highest BCUT2D eigenvalue weighted by molar-refractivity contribution is 5.80. The average molecular weight is 298 g/mol. The van der Waals surface area contributed by atoms with Crippen LogP contribution in [0.25, 0.3) is 0 Å². The van der Waals surface area contributed by atoms with Crippen LogP contribution < -0.4 is 4.74 Å². The zero-order valence-electron chi connectivity index (χ0n) is 13.5. The average Bonchev–Trinajstić information content (AvgIpc) is 2.46. The van der Waals surface area contributed by atoms with Gasteiger partial charge < -0.3 is 9.84 Å². The second-order valence-electron chi connectivity index (χ2n) is 6.41. The van der Waals surface area contributed by atoms with Crippen molar-refractivity contribution in [2.75, 3.05) is 0 Å². The third kappa shape index (κ3) is 3.37. The lowest BCUT2D eigenvalue weighted by Gasteiger charge is -2.24. The van der Waals surface area contributed by atoms with Crippen LogP contribution in [0, 0.1) is 0 Å². The summed E-state index contributed by atoms with van der Waals surface area (Å²) in [5.41, 5.74) is 2.00. The molecule has 0 saturated carbocycles. The Morgan fingerprint density at radius 2 is 1.77 bits per heavy atom. The molecule has 3 heteroatoms. The Balaban J connectivity index is 2.55. The minimum atomic E-state index is -0.711. The number of rotatable bonds is 4. The molecule has 1 atom stereocenters. The van der Waals surface area contributed by atoms with Crippen LogP contribution in [0.3, 0.4) is 0 Å². The molecular formula is C19H22O3. The smallest absolute Gasteiger partial charge is 0.153 e. The van der Waals surface area contributed by atoms with Crippen LogP contribution in [0.2, 0.25) is 0 Å². The molecule has 0 bridgehead atoms. The van der Waals surface area contributed by atoms with E-state index in [-0.39, 0.29) is 5.41 Å². The van der Waals surface area contributed by atoms with E-state index in [1.165, 1.54) is 0 Å². The first-order valence-electron chi connectivity index (χ1n) is 7.38. The van der Waals surface area contributed by atoms with Gasteiger partial charge in [0.15, 0.2) is 6.29 Å². The molecule has 1 unspecified atom stereocenters. The molecule has 2 rings (SSSR count). The van der Waals surface area contributed by atoms with Gasteiger partial charge in [-0.3, -0.25) is 4.79 Å². The van der Waals surface area contributed by atoms with Crippen molar-refractivity contribution in [1.82, 2.24) is 0 Å².